The average Bonchev–Trinajstić information content (AvgIpc) is 2.95. The van der Waals surface area contributed by atoms with E-state index in [1.807, 2.05) is 6.92 Å². The van der Waals surface area contributed by atoms with Crippen LogP contribution in [0.25, 0.3) is 0 Å². The number of unbranched alkanes of at least 4 members (excludes halogenated alkanes) is 1. The molecule has 25 heavy (non-hydrogen) atoms. The van der Waals surface area contributed by atoms with Crippen LogP contribution in [-0.4, -0.2) is 57.5 Å². The number of sulfone groups is 1. The van der Waals surface area contributed by atoms with Crippen LogP contribution in [0.1, 0.15) is 36.5 Å². The van der Waals surface area contributed by atoms with E-state index in [9.17, 15) is 13.2 Å². The molecule has 0 N–H and O–H groups in total. The van der Waals surface area contributed by atoms with Crippen molar-refractivity contribution in [1.29, 1.82) is 0 Å². The van der Waals surface area contributed by atoms with Gasteiger partial charge in [0.2, 0.25) is 0 Å². The molecule has 6 nitrogen and oxygen atoms in total. The normalized spacial score (nSPS) is 18.8. The maximum absolute atomic E-state index is 13.1. The van der Waals surface area contributed by atoms with Crippen LogP contribution in [0, 0.1) is 0 Å². The number of halogens is 1. The molecule has 1 amide bonds. The Morgan fingerprint density at radius 1 is 1.28 bits per heavy atom. The Balaban J connectivity index is 2.36. The Bertz CT molecular complexity index is 710. The number of carbonyl (C=O) groups is 1. The lowest BCUT2D eigenvalue weighted by molar-refractivity contribution is 0.0693. The maximum atomic E-state index is 13.1. The molecule has 0 aliphatic carbocycles. The SMILES string of the molecule is CCCCN(C(=O)c1cc(OC)c(Br)c(OC)c1)C1CCS(=O)(=O)C1. The molecule has 1 aliphatic rings. The number of hydrogen-bond acceptors (Lipinski definition) is 5. The zero-order valence-corrected chi connectivity index (χ0v) is 17.2. The highest BCUT2D eigenvalue weighted by atomic mass is 79.9. The summed E-state index contributed by atoms with van der Waals surface area (Å²) in [6, 6.07) is 3.03. The number of amides is 1. The summed E-state index contributed by atoms with van der Waals surface area (Å²) in [5.74, 6) is 0.974. The number of hydrogen-bond donors (Lipinski definition) is 0. The van der Waals surface area contributed by atoms with Gasteiger partial charge in [-0.15, -0.1) is 0 Å². The summed E-state index contributed by atoms with van der Waals surface area (Å²) in [5, 5.41) is 0. The van der Waals surface area contributed by atoms with Crippen LogP contribution in [0.2, 0.25) is 0 Å². The van der Waals surface area contributed by atoms with E-state index in [0.29, 0.717) is 34.5 Å². The van der Waals surface area contributed by atoms with E-state index in [-0.39, 0.29) is 23.5 Å². The topological polar surface area (TPSA) is 72.9 Å². The van der Waals surface area contributed by atoms with Crippen LogP contribution in [0.4, 0.5) is 0 Å². The molecule has 1 unspecified atom stereocenters. The minimum atomic E-state index is -3.06. The van der Waals surface area contributed by atoms with Gasteiger partial charge < -0.3 is 14.4 Å². The fraction of sp³-hybridized carbons (Fsp3) is 0.588. The van der Waals surface area contributed by atoms with E-state index in [4.69, 9.17) is 9.47 Å². The summed E-state index contributed by atoms with van der Waals surface area (Å²) in [6.45, 7) is 2.58. The summed E-state index contributed by atoms with van der Waals surface area (Å²) in [7, 11) is -0.0243. The van der Waals surface area contributed by atoms with Crippen molar-refractivity contribution >= 4 is 31.7 Å². The minimum Gasteiger partial charge on any atom is -0.495 e. The zero-order chi connectivity index (χ0) is 18.6. The number of methoxy groups -OCH3 is 2. The summed E-state index contributed by atoms with van der Waals surface area (Å²) < 4.78 is 34.9. The van der Waals surface area contributed by atoms with E-state index in [1.54, 1.807) is 17.0 Å². The van der Waals surface area contributed by atoms with Crippen LogP contribution < -0.4 is 9.47 Å². The molecule has 1 aromatic carbocycles. The molecule has 8 heteroatoms. The lowest BCUT2D eigenvalue weighted by Gasteiger charge is -2.28. The molecule has 140 valence electrons. The van der Waals surface area contributed by atoms with Gasteiger partial charge in [0, 0.05) is 18.2 Å². The van der Waals surface area contributed by atoms with Crippen molar-refractivity contribution in [1.82, 2.24) is 4.90 Å². The zero-order valence-electron chi connectivity index (χ0n) is 14.7. The van der Waals surface area contributed by atoms with E-state index in [2.05, 4.69) is 15.9 Å². The highest BCUT2D eigenvalue weighted by Crippen LogP contribution is 2.36. The maximum Gasteiger partial charge on any atom is 0.254 e. The molecule has 1 aliphatic heterocycles. The first kappa shape index (κ1) is 20.0. The van der Waals surface area contributed by atoms with Crippen LogP contribution in [0.3, 0.4) is 0 Å². The molecule has 1 atom stereocenters. The van der Waals surface area contributed by atoms with Gasteiger partial charge in [0.25, 0.3) is 5.91 Å². The first-order chi connectivity index (χ1) is 11.8. The van der Waals surface area contributed by atoms with Gasteiger partial charge in [0.1, 0.15) is 16.0 Å². The highest BCUT2D eigenvalue weighted by molar-refractivity contribution is 9.10. The first-order valence-electron chi connectivity index (χ1n) is 8.25. The number of rotatable bonds is 7. The summed E-state index contributed by atoms with van der Waals surface area (Å²) in [5.41, 5.74) is 0.428. The lowest BCUT2D eigenvalue weighted by atomic mass is 10.1. The summed E-state index contributed by atoms with van der Waals surface area (Å²) in [4.78, 5) is 14.8. The molecule has 1 heterocycles. The monoisotopic (exact) mass is 433 g/mol. The molecule has 1 aromatic rings. The Hall–Kier alpha value is -1.28. The van der Waals surface area contributed by atoms with Crippen molar-refractivity contribution in [2.75, 3.05) is 32.3 Å². The van der Waals surface area contributed by atoms with Crippen LogP contribution in [0.15, 0.2) is 16.6 Å². The number of ether oxygens (including phenoxy) is 2. The van der Waals surface area contributed by atoms with Gasteiger partial charge in [-0.05, 0) is 40.9 Å². The predicted molar refractivity (Wildman–Crippen MR) is 100 cm³/mol. The van der Waals surface area contributed by atoms with E-state index >= 15 is 0 Å². The van der Waals surface area contributed by atoms with Crippen LogP contribution in [-0.2, 0) is 9.84 Å². The van der Waals surface area contributed by atoms with Crippen molar-refractivity contribution in [3.05, 3.63) is 22.2 Å². The lowest BCUT2D eigenvalue weighted by Crippen LogP contribution is -2.41. The minimum absolute atomic E-state index is 0.0350. The molecule has 2 rings (SSSR count). The molecule has 1 fully saturated rings. The summed E-state index contributed by atoms with van der Waals surface area (Å²) in [6.07, 6.45) is 2.24. The van der Waals surface area contributed by atoms with Crippen molar-refractivity contribution in [2.24, 2.45) is 0 Å². The Labute approximate surface area is 157 Å². The Morgan fingerprint density at radius 2 is 1.88 bits per heavy atom. The van der Waals surface area contributed by atoms with Crippen LogP contribution >= 0.6 is 15.9 Å². The third-order valence-electron chi connectivity index (χ3n) is 4.36. The van der Waals surface area contributed by atoms with Crippen molar-refractivity contribution in [3.8, 4) is 11.5 Å². The van der Waals surface area contributed by atoms with Gasteiger partial charge in [0.15, 0.2) is 9.84 Å². The van der Waals surface area contributed by atoms with Gasteiger partial charge >= 0.3 is 0 Å². The van der Waals surface area contributed by atoms with Gasteiger partial charge in [-0.1, -0.05) is 13.3 Å². The first-order valence-corrected chi connectivity index (χ1v) is 10.9. The van der Waals surface area contributed by atoms with Gasteiger partial charge in [-0.3, -0.25) is 4.79 Å². The predicted octanol–water partition coefficient (Wildman–Crippen LogP) is 2.90. The van der Waals surface area contributed by atoms with Crippen molar-refractivity contribution in [2.45, 2.75) is 32.2 Å². The van der Waals surface area contributed by atoms with Gasteiger partial charge in [-0.25, -0.2) is 8.42 Å². The smallest absolute Gasteiger partial charge is 0.254 e. The standard InChI is InChI=1S/C17H24BrNO5S/c1-4-5-7-19(13-6-8-25(21,22)11-13)17(20)12-9-14(23-2)16(18)15(10-12)24-3/h9-10,13H,4-8,11H2,1-3H3. The van der Waals surface area contributed by atoms with E-state index < -0.39 is 9.84 Å². The molecule has 0 aromatic heterocycles. The second kappa shape index (κ2) is 8.40. The molecule has 1 saturated heterocycles. The van der Waals surface area contributed by atoms with E-state index in [0.717, 1.165) is 12.8 Å². The quantitative estimate of drug-likeness (QED) is 0.660. The highest BCUT2D eigenvalue weighted by Gasteiger charge is 2.35. The van der Waals surface area contributed by atoms with Gasteiger partial charge in [0.05, 0.1) is 25.7 Å². The largest absolute Gasteiger partial charge is 0.495 e. The average molecular weight is 434 g/mol. The third-order valence-corrected chi connectivity index (χ3v) is 6.89. The fourth-order valence-electron chi connectivity index (χ4n) is 2.96. The van der Waals surface area contributed by atoms with E-state index in [1.165, 1.54) is 14.2 Å². The molecular weight excluding hydrogens is 410 g/mol. The van der Waals surface area contributed by atoms with Crippen LogP contribution in [0.5, 0.6) is 11.5 Å². The van der Waals surface area contributed by atoms with Gasteiger partial charge in [-0.2, -0.15) is 0 Å². The molecule has 0 bridgehead atoms. The number of benzene rings is 1. The third kappa shape index (κ3) is 4.67. The Morgan fingerprint density at radius 3 is 2.32 bits per heavy atom. The second-order valence-corrected chi connectivity index (χ2v) is 9.13. The number of nitrogens with zero attached hydrogens (tertiary/aromatic N) is 1. The molecule has 0 radical (unpaired) electrons. The van der Waals surface area contributed by atoms with Crippen molar-refractivity contribution in [3.63, 3.8) is 0 Å². The number of carbonyl (C=O) groups excluding carboxylic acids is 1. The fourth-order valence-corrected chi connectivity index (χ4v) is 5.24. The molecular formula is C17H24BrNO5S. The molecule has 0 spiro atoms. The summed E-state index contributed by atoms with van der Waals surface area (Å²) >= 11 is 3.39. The van der Waals surface area contributed by atoms with Crippen molar-refractivity contribution < 1.29 is 22.7 Å². The Kier molecular flexibility index (Phi) is 6.73. The molecule has 0 saturated carbocycles. The second-order valence-electron chi connectivity index (χ2n) is 6.10.